The fourth-order valence-electron chi connectivity index (χ4n) is 3.04. The van der Waals surface area contributed by atoms with Crippen molar-refractivity contribution >= 4 is 16.8 Å². The number of hydrogen-bond acceptors (Lipinski definition) is 3. The number of aryl methyl sites for hydroxylation is 1. The first kappa shape index (κ1) is 14.8. The fourth-order valence-corrected chi connectivity index (χ4v) is 3.04. The quantitative estimate of drug-likeness (QED) is 0.897. The molecular weight excluding hydrogens is 278 g/mol. The third kappa shape index (κ3) is 2.90. The Morgan fingerprint density at radius 3 is 3.00 bits per heavy atom. The number of pyridine rings is 1. The van der Waals surface area contributed by atoms with E-state index in [4.69, 9.17) is 0 Å². The van der Waals surface area contributed by atoms with Crippen molar-refractivity contribution < 1.29 is 4.79 Å². The van der Waals surface area contributed by atoms with Gasteiger partial charge in [0.25, 0.3) is 11.5 Å². The maximum atomic E-state index is 12.3. The van der Waals surface area contributed by atoms with Gasteiger partial charge in [0.15, 0.2) is 0 Å². The molecule has 2 heterocycles. The maximum absolute atomic E-state index is 12.3. The van der Waals surface area contributed by atoms with Crippen molar-refractivity contribution in [2.24, 2.45) is 7.05 Å². The molecule has 5 nitrogen and oxygen atoms in total. The van der Waals surface area contributed by atoms with Crippen LogP contribution in [-0.2, 0) is 7.05 Å². The second-order valence-corrected chi connectivity index (χ2v) is 5.82. The Hall–Kier alpha value is -2.14. The molecule has 2 N–H and O–H groups in total. The van der Waals surface area contributed by atoms with Gasteiger partial charge in [-0.2, -0.15) is 0 Å². The fraction of sp³-hybridized carbons (Fsp3) is 0.412. The second-order valence-electron chi connectivity index (χ2n) is 5.82. The van der Waals surface area contributed by atoms with Crippen molar-refractivity contribution in [1.29, 1.82) is 0 Å². The normalized spacial score (nSPS) is 17.8. The van der Waals surface area contributed by atoms with Gasteiger partial charge in [0, 0.05) is 19.6 Å². The van der Waals surface area contributed by atoms with E-state index in [1.807, 2.05) is 24.3 Å². The number of para-hydroxylation sites is 1. The predicted octanol–water partition coefficient (Wildman–Crippen LogP) is 1.41. The summed E-state index contributed by atoms with van der Waals surface area (Å²) < 4.78 is 1.53. The van der Waals surface area contributed by atoms with Crippen LogP contribution in [0.2, 0.25) is 0 Å². The summed E-state index contributed by atoms with van der Waals surface area (Å²) in [5, 5.41) is 7.16. The predicted molar refractivity (Wildman–Crippen MR) is 87.2 cm³/mol. The second kappa shape index (κ2) is 6.32. The van der Waals surface area contributed by atoms with E-state index in [1.54, 1.807) is 13.1 Å². The lowest BCUT2D eigenvalue weighted by atomic mass is 10.1. The molecule has 0 bridgehead atoms. The first-order valence-electron chi connectivity index (χ1n) is 7.77. The van der Waals surface area contributed by atoms with Crippen LogP contribution in [0.5, 0.6) is 0 Å². The minimum atomic E-state index is -0.288. The number of aromatic nitrogens is 1. The lowest BCUT2D eigenvalue weighted by Gasteiger charge is -2.12. The summed E-state index contributed by atoms with van der Waals surface area (Å²) in [6, 6.07) is 9.75. The summed E-state index contributed by atoms with van der Waals surface area (Å²) in [5.74, 6) is -0.288. The minimum absolute atomic E-state index is 0.209. The third-order valence-electron chi connectivity index (χ3n) is 4.32. The van der Waals surface area contributed by atoms with E-state index in [0.29, 0.717) is 12.6 Å². The topological polar surface area (TPSA) is 63.1 Å². The zero-order valence-corrected chi connectivity index (χ0v) is 12.8. The molecule has 0 unspecified atom stereocenters. The molecule has 0 saturated carbocycles. The molecule has 116 valence electrons. The molecule has 1 aromatic heterocycles. The molecule has 3 rings (SSSR count). The highest BCUT2D eigenvalue weighted by atomic mass is 16.2. The Morgan fingerprint density at radius 2 is 2.23 bits per heavy atom. The number of rotatable bonds is 4. The number of benzene rings is 1. The molecule has 0 spiro atoms. The van der Waals surface area contributed by atoms with Crippen molar-refractivity contribution in [3.8, 4) is 0 Å². The van der Waals surface area contributed by atoms with Gasteiger partial charge in [-0.3, -0.25) is 9.59 Å². The van der Waals surface area contributed by atoms with E-state index in [2.05, 4.69) is 10.6 Å². The van der Waals surface area contributed by atoms with Gasteiger partial charge in [-0.15, -0.1) is 0 Å². The van der Waals surface area contributed by atoms with E-state index in [0.717, 1.165) is 30.3 Å². The van der Waals surface area contributed by atoms with Crippen molar-refractivity contribution in [2.75, 3.05) is 13.1 Å². The third-order valence-corrected chi connectivity index (χ3v) is 4.32. The molecule has 0 aliphatic carbocycles. The Bertz CT molecular complexity index is 745. The van der Waals surface area contributed by atoms with Crippen molar-refractivity contribution in [3.63, 3.8) is 0 Å². The molecule has 1 amide bonds. The van der Waals surface area contributed by atoms with Crippen LogP contribution in [0.1, 0.15) is 29.6 Å². The van der Waals surface area contributed by atoms with E-state index >= 15 is 0 Å². The molecule has 1 saturated heterocycles. The van der Waals surface area contributed by atoms with Crippen LogP contribution in [-0.4, -0.2) is 29.6 Å². The summed E-state index contributed by atoms with van der Waals surface area (Å²) in [4.78, 5) is 24.6. The van der Waals surface area contributed by atoms with Crippen molar-refractivity contribution in [1.82, 2.24) is 15.2 Å². The van der Waals surface area contributed by atoms with Crippen LogP contribution in [0, 0.1) is 0 Å². The lowest BCUT2D eigenvalue weighted by molar-refractivity contribution is 0.0950. The van der Waals surface area contributed by atoms with Gasteiger partial charge < -0.3 is 15.2 Å². The highest BCUT2D eigenvalue weighted by Crippen LogP contribution is 2.12. The van der Waals surface area contributed by atoms with Gasteiger partial charge >= 0.3 is 0 Å². The summed E-state index contributed by atoms with van der Waals surface area (Å²) in [6.07, 6.45) is 3.26. The maximum Gasteiger partial charge on any atom is 0.263 e. The van der Waals surface area contributed by atoms with Crippen LogP contribution in [0.15, 0.2) is 35.1 Å². The molecule has 1 fully saturated rings. The van der Waals surface area contributed by atoms with Gasteiger partial charge in [-0.05, 0) is 43.3 Å². The lowest BCUT2D eigenvalue weighted by Crippen LogP contribution is -2.35. The molecule has 1 aliphatic heterocycles. The smallest absolute Gasteiger partial charge is 0.263 e. The van der Waals surface area contributed by atoms with E-state index in [9.17, 15) is 9.59 Å². The number of carbonyl (C=O) groups excluding carboxylic acids is 1. The van der Waals surface area contributed by atoms with Gasteiger partial charge in [-0.1, -0.05) is 18.2 Å². The average Bonchev–Trinajstić information content (AvgIpc) is 3.04. The van der Waals surface area contributed by atoms with E-state index < -0.39 is 0 Å². The van der Waals surface area contributed by atoms with Crippen molar-refractivity contribution in [3.05, 3.63) is 46.2 Å². The first-order valence-corrected chi connectivity index (χ1v) is 7.77. The van der Waals surface area contributed by atoms with Crippen LogP contribution in [0.25, 0.3) is 10.9 Å². The van der Waals surface area contributed by atoms with Gasteiger partial charge in [0.05, 0.1) is 5.52 Å². The van der Waals surface area contributed by atoms with Gasteiger partial charge in [-0.25, -0.2) is 0 Å². The largest absolute Gasteiger partial charge is 0.352 e. The van der Waals surface area contributed by atoms with Crippen molar-refractivity contribution in [2.45, 2.75) is 25.3 Å². The Balaban J connectivity index is 1.75. The molecule has 1 aromatic carbocycles. The highest BCUT2D eigenvalue weighted by molar-refractivity contribution is 5.97. The number of fused-ring (bicyclic) bond motifs is 1. The molecule has 1 atom stereocenters. The summed E-state index contributed by atoms with van der Waals surface area (Å²) in [7, 11) is 1.70. The Labute approximate surface area is 129 Å². The SMILES string of the molecule is Cn1c(=O)c(C(=O)NCC[C@@H]2CCCN2)cc2ccccc21. The summed E-state index contributed by atoms with van der Waals surface area (Å²) >= 11 is 0. The number of amides is 1. The standard InChI is InChI=1S/C17H21N3O2/c1-20-15-7-3-2-5-12(15)11-14(17(20)22)16(21)19-10-8-13-6-4-9-18-13/h2-3,5,7,11,13,18H,4,6,8-10H2,1H3,(H,19,21)/t13-/m0/s1. The van der Waals surface area contributed by atoms with E-state index in [1.165, 1.54) is 11.0 Å². The van der Waals surface area contributed by atoms with Gasteiger partial charge in [0.1, 0.15) is 5.56 Å². The van der Waals surface area contributed by atoms with Crippen LogP contribution < -0.4 is 16.2 Å². The van der Waals surface area contributed by atoms with Gasteiger partial charge in [0.2, 0.25) is 0 Å². The number of nitrogens with zero attached hydrogens (tertiary/aromatic N) is 1. The number of carbonyl (C=O) groups is 1. The highest BCUT2D eigenvalue weighted by Gasteiger charge is 2.16. The van der Waals surface area contributed by atoms with Crippen LogP contribution in [0.4, 0.5) is 0 Å². The molecule has 1 aliphatic rings. The molecule has 2 aromatic rings. The average molecular weight is 299 g/mol. The first-order chi connectivity index (χ1) is 10.7. The molecule has 0 radical (unpaired) electrons. The van der Waals surface area contributed by atoms with Crippen LogP contribution in [0.3, 0.4) is 0 Å². The number of nitrogens with one attached hydrogen (secondary N) is 2. The molecule has 5 heteroatoms. The monoisotopic (exact) mass is 299 g/mol. The summed E-state index contributed by atoms with van der Waals surface area (Å²) in [5.41, 5.74) is 0.787. The minimum Gasteiger partial charge on any atom is -0.352 e. The number of hydrogen-bond donors (Lipinski definition) is 2. The molecular formula is C17H21N3O2. The zero-order valence-electron chi connectivity index (χ0n) is 12.8. The van der Waals surface area contributed by atoms with E-state index in [-0.39, 0.29) is 17.0 Å². The molecule has 22 heavy (non-hydrogen) atoms. The Kier molecular flexibility index (Phi) is 4.24. The Morgan fingerprint density at radius 1 is 1.41 bits per heavy atom. The van der Waals surface area contributed by atoms with Crippen LogP contribution >= 0.6 is 0 Å². The summed E-state index contributed by atoms with van der Waals surface area (Å²) in [6.45, 7) is 1.65. The zero-order chi connectivity index (χ0) is 15.5.